The van der Waals surface area contributed by atoms with Crippen LogP contribution < -0.4 is 4.74 Å². The van der Waals surface area contributed by atoms with Crippen LogP contribution in [-0.4, -0.2) is 36.9 Å². The van der Waals surface area contributed by atoms with Gasteiger partial charge < -0.3 is 4.74 Å². The maximum absolute atomic E-state index is 12.9. The molecular formula is C17H19BrN2O3S. The molecule has 1 saturated heterocycles. The number of nitrogens with zero attached hydrogens (tertiary/aromatic N) is 2. The summed E-state index contributed by atoms with van der Waals surface area (Å²) in [7, 11) is -3.49. The van der Waals surface area contributed by atoms with Crippen LogP contribution in [0.2, 0.25) is 0 Å². The summed E-state index contributed by atoms with van der Waals surface area (Å²) in [5, 5.41) is 0. The van der Waals surface area contributed by atoms with E-state index >= 15 is 0 Å². The number of benzene rings is 1. The maximum atomic E-state index is 12.9. The minimum absolute atomic E-state index is 0.157. The largest absolute Gasteiger partial charge is 0.490 e. The van der Waals surface area contributed by atoms with Gasteiger partial charge in [-0.1, -0.05) is 17.7 Å². The van der Waals surface area contributed by atoms with Gasteiger partial charge in [-0.2, -0.15) is 4.31 Å². The molecule has 3 rings (SSSR count). The van der Waals surface area contributed by atoms with Crippen molar-refractivity contribution in [3.8, 4) is 5.75 Å². The predicted octanol–water partition coefficient (Wildman–Crippen LogP) is 3.38. The van der Waals surface area contributed by atoms with Gasteiger partial charge in [-0.15, -0.1) is 0 Å². The fraction of sp³-hybridized carbons (Fsp3) is 0.353. The number of pyridine rings is 1. The number of hydrogen-bond acceptors (Lipinski definition) is 4. The molecule has 7 heteroatoms. The van der Waals surface area contributed by atoms with Crippen molar-refractivity contribution in [2.75, 3.05) is 13.2 Å². The molecule has 1 fully saturated rings. The first kappa shape index (κ1) is 17.4. The topological polar surface area (TPSA) is 59.5 Å². The van der Waals surface area contributed by atoms with Gasteiger partial charge in [0.25, 0.3) is 0 Å². The molecule has 2 aromatic rings. The lowest BCUT2D eigenvalue weighted by molar-refractivity contribution is 0.232. The van der Waals surface area contributed by atoms with E-state index in [1.807, 2.05) is 25.1 Å². The van der Waals surface area contributed by atoms with E-state index in [9.17, 15) is 8.42 Å². The molecule has 1 aliphatic heterocycles. The number of rotatable bonds is 5. The Balaban J connectivity index is 1.74. The summed E-state index contributed by atoms with van der Waals surface area (Å²) in [6.07, 6.45) is 4.94. The number of hydrogen-bond donors (Lipinski definition) is 0. The van der Waals surface area contributed by atoms with E-state index in [0.29, 0.717) is 23.8 Å². The normalized spacial score (nSPS) is 18.7. The highest BCUT2D eigenvalue weighted by Crippen LogP contribution is 2.27. The summed E-state index contributed by atoms with van der Waals surface area (Å²) < 4.78 is 33.9. The minimum atomic E-state index is -3.49. The van der Waals surface area contributed by atoms with Crippen molar-refractivity contribution in [1.29, 1.82) is 0 Å². The summed E-state index contributed by atoms with van der Waals surface area (Å²) in [4.78, 5) is 4.39. The molecule has 24 heavy (non-hydrogen) atoms. The summed E-state index contributed by atoms with van der Waals surface area (Å²) in [5.41, 5.74) is 1.04. The van der Waals surface area contributed by atoms with Crippen molar-refractivity contribution in [2.24, 2.45) is 0 Å². The smallest absolute Gasteiger partial charge is 0.243 e. The van der Waals surface area contributed by atoms with Gasteiger partial charge in [0, 0.05) is 17.2 Å². The lowest BCUT2D eigenvalue weighted by Gasteiger charge is -2.24. The zero-order valence-electron chi connectivity index (χ0n) is 13.4. The quantitative estimate of drug-likeness (QED) is 0.757. The highest BCUT2D eigenvalue weighted by atomic mass is 79.9. The van der Waals surface area contributed by atoms with Crippen LogP contribution in [0.1, 0.15) is 18.4 Å². The van der Waals surface area contributed by atoms with E-state index in [2.05, 4.69) is 20.9 Å². The molecule has 2 heterocycles. The number of aromatic nitrogens is 1. The Labute approximate surface area is 150 Å². The third-order valence-corrected chi connectivity index (χ3v) is 6.47. The second-order valence-electron chi connectivity index (χ2n) is 5.87. The zero-order valence-corrected chi connectivity index (χ0v) is 15.8. The number of ether oxygens (including phenoxy) is 1. The summed E-state index contributed by atoms with van der Waals surface area (Å²) in [6, 6.07) is 8.64. The first-order chi connectivity index (χ1) is 11.5. The fourth-order valence-corrected chi connectivity index (χ4v) is 4.82. The van der Waals surface area contributed by atoms with Crippen molar-refractivity contribution in [3.05, 3.63) is 52.8 Å². The number of aryl methyl sites for hydroxylation is 1. The molecule has 0 unspecified atom stereocenters. The molecule has 0 saturated carbocycles. The Bertz CT molecular complexity index is 809. The van der Waals surface area contributed by atoms with E-state index in [4.69, 9.17) is 4.74 Å². The van der Waals surface area contributed by atoms with E-state index in [-0.39, 0.29) is 6.04 Å². The molecule has 0 bridgehead atoms. The van der Waals surface area contributed by atoms with Crippen molar-refractivity contribution >= 4 is 26.0 Å². The molecule has 1 aromatic carbocycles. The maximum Gasteiger partial charge on any atom is 0.243 e. The van der Waals surface area contributed by atoms with Gasteiger partial charge in [-0.3, -0.25) is 4.98 Å². The first-order valence-corrected chi connectivity index (χ1v) is 10.0. The van der Waals surface area contributed by atoms with Gasteiger partial charge >= 0.3 is 0 Å². The summed E-state index contributed by atoms with van der Waals surface area (Å²) in [5.74, 6) is 0.629. The third kappa shape index (κ3) is 3.79. The predicted molar refractivity (Wildman–Crippen MR) is 95.5 cm³/mol. The number of halogens is 1. The van der Waals surface area contributed by atoms with Crippen molar-refractivity contribution in [2.45, 2.75) is 30.7 Å². The average Bonchev–Trinajstić information content (AvgIpc) is 3.03. The van der Waals surface area contributed by atoms with Crippen LogP contribution in [0.4, 0.5) is 0 Å². The Morgan fingerprint density at radius 2 is 2.04 bits per heavy atom. The molecule has 1 atom stereocenters. The van der Waals surface area contributed by atoms with Crippen LogP contribution in [0.25, 0.3) is 0 Å². The molecule has 1 aromatic heterocycles. The average molecular weight is 411 g/mol. The molecule has 0 aliphatic carbocycles. The van der Waals surface area contributed by atoms with Crippen molar-refractivity contribution in [3.63, 3.8) is 0 Å². The number of sulfonamides is 1. The molecule has 5 nitrogen and oxygen atoms in total. The lowest BCUT2D eigenvalue weighted by Crippen LogP contribution is -2.39. The SMILES string of the molecule is Cc1ccc(S(=O)(=O)N2CCC[C@@H]2COc2cncc(Br)c2)cc1. The molecule has 0 radical (unpaired) electrons. The van der Waals surface area contributed by atoms with Crippen LogP contribution in [0.5, 0.6) is 5.75 Å². The molecule has 128 valence electrons. The third-order valence-electron chi connectivity index (χ3n) is 4.07. The Kier molecular flexibility index (Phi) is 5.22. The van der Waals surface area contributed by atoms with Crippen LogP contribution in [0.3, 0.4) is 0 Å². The first-order valence-electron chi connectivity index (χ1n) is 7.79. The van der Waals surface area contributed by atoms with E-state index < -0.39 is 10.0 Å². The monoisotopic (exact) mass is 410 g/mol. The Morgan fingerprint density at radius 3 is 2.75 bits per heavy atom. The standard InChI is InChI=1S/C17H19BrN2O3S/c1-13-4-6-17(7-5-13)24(21,22)20-8-2-3-15(20)12-23-16-9-14(18)10-19-11-16/h4-7,9-11,15H,2-3,8,12H2,1H3/t15-/m1/s1. The fourth-order valence-electron chi connectivity index (χ4n) is 2.80. The second kappa shape index (κ2) is 7.21. The lowest BCUT2D eigenvalue weighted by atomic mass is 10.2. The second-order valence-corrected chi connectivity index (χ2v) is 8.68. The molecule has 0 amide bonds. The van der Waals surface area contributed by atoms with Crippen LogP contribution in [-0.2, 0) is 10.0 Å². The van der Waals surface area contributed by atoms with Crippen LogP contribution in [0.15, 0.2) is 52.1 Å². The highest BCUT2D eigenvalue weighted by molar-refractivity contribution is 9.10. The van der Waals surface area contributed by atoms with E-state index in [1.165, 1.54) is 0 Å². The minimum Gasteiger partial charge on any atom is -0.490 e. The molecular weight excluding hydrogens is 392 g/mol. The zero-order chi connectivity index (χ0) is 17.2. The van der Waals surface area contributed by atoms with Crippen molar-refractivity contribution in [1.82, 2.24) is 9.29 Å². The molecule has 1 aliphatic rings. The van der Waals surface area contributed by atoms with E-state index in [0.717, 1.165) is 22.9 Å². The summed E-state index contributed by atoms with van der Waals surface area (Å²) in [6.45, 7) is 2.79. The Morgan fingerprint density at radius 1 is 1.29 bits per heavy atom. The van der Waals surface area contributed by atoms with E-state index in [1.54, 1.807) is 28.8 Å². The van der Waals surface area contributed by atoms with Gasteiger partial charge in [0.2, 0.25) is 10.0 Å². The van der Waals surface area contributed by atoms with Crippen molar-refractivity contribution < 1.29 is 13.2 Å². The van der Waals surface area contributed by atoms with Gasteiger partial charge in [0.1, 0.15) is 12.4 Å². The Hall–Kier alpha value is -1.44. The molecule has 0 N–H and O–H groups in total. The van der Waals surface area contributed by atoms with Gasteiger partial charge in [0.15, 0.2) is 0 Å². The van der Waals surface area contributed by atoms with Gasteiger partial charge in [-0.05, 0) is 53.9 Å². The van der Waals surface area contributed by atoms with Gasteiger partial charge in [0.05, 0.1) is 17.1 Å². The van der Waals surface area contributed by atoms with Gasteiger partial charge in [-0.25, -0.2) is 8.42 Å². The van der Waals surface area contributed by atoms with Crippen LogP contribution >= 0.6 is 15.9 Å². The molecule has 0 spiro atoms. The summed E-state index contributed by atoms with van der Waals surface area (Å²) >= 11 is 3.35. The van der Waals surface area contributed by atoms with Crippen LogP contribution in [0, 0.1) is 6.92 Å². The highest BCUT2D eigenvalue weighted by Gasteiger charge is 2.35.